The molecule has 0 spiro atoms. The van der Waals surface area contributed by atoms with Crippen molar-refractivity contribution in [2.75, 3.05) is 20.8 Å². The maximum atomic E-state index is 5.43. The second kappa shape index (κ2) is 6.29. The number of methoxy groups -OCH3 is 2. The Labute approximate surface area is 116 Å². The lowest BCUT2D eigenvalue weighted by molar-refractivity contribution is 0.353. The fourth-order valence-electron chi connectivity index (χ4n) is 2.63. The van der Waals surface area contributed by atoms with Crippen molar-refractivity contribution in [3.05, 3.63) is 23.3 Å². The first-order valence-corrected chi connectivity index (χ1v) is 7.15. The molecular weight excluding hydrogens is 238 g/mol. The van der Waals surface area contributed by atoms with Crippen LogP contribution in [-0.4, -0.2) is 20.8 Å². The summed E-state index contributed by atoms with van der Waals surface area (Å²) >= 11 is 0. The molecule has 1 atom stereocenters. The molecule has 0 radical (unpaired) electrons. The first-order valence-electron chi connectivity index (χ1n) is 7.15. The van der Waals surface area contributed by atoms with Gasteiger partial charge in [-0.2, -0.15) is 0 Å². The van der Waals surface area contributed by atoms with Crippen LogP contribution in [0.5, 0.6) is 11.5 Å². The molecule has 1 aromatic rings. The molecule has 19 heavy (non-hydrogen) atoms. The predicted octanol–water partition coefficient (Wildman–Crippen LogP) is 3.46. The molecule has 1 saturated carbocycles. The van der Waals surface area contributed by atoms with Gasteiger partial charge in [-0.15, -0.1) is 0 Å². The van der Waals surface area contributed by atoms with Gasteiger partial charge in [-0.25, -0.2) is 0 Å². The van der Waals surface area contributed by atoms with E-state index in [-0.39, 0.29) is 0 Å². The molecule has 1 aromatic carbocycles. The third kappa shape index (κ3) is 3.41. The first kappa shape index (κ1) is 14.2. The molecule has 2 rings (SSSR count). The largest absolute Gasteiger partial charge is 0.493 e. The minimum absolute atomic E-state index is 0.428. The van der Waals surface area contributed by atoms with E-state index in [4.69, 9.17) is 9.47 Å². The van der Waals surface area contributed by atoms with Gasteiger partial charge in [-0.1, -0.05) is 19.8 Å². The summed E-state index contributed by atoms with van der Waals surface area (Å²) in [6.07, 6.45) is 3.99. The third-order valence-corrected chi connectivity index (χ3v) is 3.86. The van der Waals surface area contributed by atoms with Crippen molar-refractivity contribution in [3.63, 3.8) is 0 Å². The van der Waals surface area contributed by atoms with E-state index < -0.39 is 0 Å². The maximum Gasteiger partial charge on any atom is 0.161 e. The van der Waals surface area contributed by atoms with Gasteiger partial charge in [0.05, 0.1) is 14.2 Å². The molecular formula is C16H25NO2. The minimum Gasteiger partial charge on any atom is -0.493 e. The van der Waals surface area contributed by atoms with Gasteiger partial charge in [-0.05, 0) is 49.1 Å². The molecule has 1 aliphatic carbocycles. The van der Waals surface area contributed by atoms with Gasteiger partial charge in [0.1, 0.15) is 0 Å². The zero-order valence-electron chi connectivity index (χ0n) is 12.5. The maximum absolute atomic E-state index is 5.43. The smallest absolute Gasteiger partial charge is 0.161 e. The Bertz CT molecular complexity index is 427. The van der Waals surface area contributed by atoms with E-state index in [9.17, 15) is 0 Å². The van der Waals surface area contributed by atoms with Crippen molar-refractivity contribution in [1.82, 2.24) is 5.32 Å². The molecule has 1 N–H and O–H groups in total. The number of aryl methyl sites for hydroxylation is 1. The third-order valence-electron chi connectivity index (χ3n) is 3.86. The quantitative estimate of drug-likeness (QED) is 0.817. The van der Waals surface area contributed by atoms with E-state index in [2.05, 4.69) is 31.3 Å². The van der Waals surface area contributed by atoms with Crippen molar-refractivity contribution in [2.45, 2.75) is 39.2 Å². The first-order chi connectivity index (χ1) is 9.19. The summed E-state index contributed by atoms with van der Waals surface area (Å²) in [5, 5.41) is 3.60. The second-order valence-electron chi connectivity index (χ2n) is 5.35. The number of ether oxygens (including phenoxy) is 2. The monoisotopic (exact) mass is 263 g/mol. The molecule has 0 amide bonds. The van der Waals surface area contributed by atoms with Crippen LogP contribution in [0.3, 0.4) is 0 Å². The fourth-order valence-corrected chi connectivity index (χ4v) is 2.63. The van der Waals surface area contributed by atoms with E-state index in [1.54, 1.807) is 14.2 Å². The number of benzene rings is 1. The Balaban J connectivity index is 2.28. The molecule has 1 unspecified atom stereocenters. The highest BCUT2D eigenvalue weighted by Crippen LogP contribution is 2.40. The number of nitrogens with one attached hydrogen (secondary N) is 1. The van der Waals surface area contributed by atoms with Gasteiger partial charge in [0.2, 0.25) is 0 Å². The van der Waals surface area contributed by atoms with Crippen LogP contribution in [0.2, 0.25) is 0 Å². The summed E-state index contributed by atoms with van der Waals surface area (Å²) in [4.78, 5) is 0. The Morgan fingerprint density at radius 3 is 2.37 bits per heavy atom. The van der Waals surface area contributed by atoms with Crippen LogP contribution < -0.4 is 14.8 Å². The summed E-state index contributed by atoms with van der Waals surface area (Å²) in [5.74, 6) is 2.53. The topological polar surface area (TPSA) is 30.5 Å². The normalized spacial score (nSPS) is 16.2. The van der Waals surface area contributed by atoms with E-state index in [1.807, 2.05) is 0 Å². The number of rotatable bonds is 7. The van der Waals surface area contributed by atoms with Crippen molar-refractivity contribution in [1.29, 1.82) is 0 Å². The zero-order valence-corrected chi connectivity index (χ0v) is 12.5. The van der Waals surface area contributed by atoms with Crippen molar-refractivity contribution in [2.24, 2.45) is 5.92 Å². The lowest BCUT2D eigenvalue weighted by Gasteiger charge is -2.22. The number of hydrogen-bond donors (Lipinski definition) is 1. The molecule has 1 aliphatic rings. The molecule has 3 heteroatoms. The lowest BCUT2D eigenvalue weighted by Crippen LogP contribution is -2.22. The van der Waals surface area contributed by atoms with Crippen molar-refractivity contribution in [3.8, 4) is 11.5 Å². The SMILES string of the molecule is CCNC(CC1CC1)c1cc(OC)c(OC)cc1C. The van der Waals surface area contributed by atoms with Crippen molar-refractivity contribution < 1.29 is 9.47 Å². The average molecular weight is 263 g/mol. The Hall–Kier alpha value is -1.22. The van der Waals surface area contributed by atoms with E-state index in [1.165, 1.54) is 30.4 Å². The average Bonchev–Trinajstić information content (AvgIpc) is 3.22. The summed E-state index contributed by atoms with van der Waals surface area (Å²) in [5.41, 5.74) is 2.61. The predicted molar refractivity (Wildman–Crippen MR) is 78.0 cm³/mol. The highest BCUT2D eigenvalue weighted by atomic mass is 16.5. The van der Waals surface area contributed by atoms with E-state index in [0.717, 1.165) is 24.0 Å². The molecule has 1 fully saturated rings. The van der Waals surface area contributed by atoms with Crippen LogP contribution in [-0.2, 0) is 0 Å². The van der Waals surface area contributed by atoms with Crippen LogP contribution in [0.25, 0.3) is 0 Å². The Morgan fingerprint density at radius 1 is 1.21 bits per heavy atom. The lowest BCUT2D eigenvalue weighted by atomic mass is 9.96. The molecule has 0 saturated heterocycles. The highest BCUT2D eigenvalue weighted by Gasteiger charge is 2.27. The summed E-state index contributed by atoms with van der Waals surface area (Å²) in [6.45, 7) is 5.30. The fraction of sp³-hybridized carbons (Fsp3) is 0.625. The molecule has 0 aromatic heterocycles. The Kier molecular flexibility index (Phi) is 4.70. The molecule has 106 valence electrons. The van der Waals surface area contributed by atoms with Gasteiger partial charge >= 0.3 is 0 Å². The summed E-state index contributed by atoms with van der Waals surface area (Å²) in [7, 11) is 3.38. The standard InChI is InChI=1S/C16H25NO2/c1-5-17-14(9-12-6-7-12)13-10-16(19-4)15(18-3)8-11(13)2/h8,10,12,14,17H,5-7,9H2,1-4H3. The van der Waals surface area contributed by atoms with Gasteiger partial charge < -0.3 is 14.8 Å². The molecule has 0 bridgehead atoms. The van der Waals surface area contributed by atoms with Crippen LogP contribution in [0.1, 0.15) is 43.4 Å². The van der Waals surface area contributed by atoms with Gasteiger partial charge in [0.25, 0.3) is 0 Å². The number of hydrogen-bond acceptors (Lipinski definition) is 3. The summed E-state index contributed by atoms with van der Waals surface area (Å²) in [6, 6.07) is 4.63. The zero-order chi connectivity index (χ0) is 13.8. The Morgan fingerprint density at radius 2 is 1.84 bits per heavy atom. The van der Waals surface area contributed by atoms with Gasteiger partial charge in [-0.3, -0.25) is 0 Å². The van der Waals surface area contributed by atoms with Crippen LogP contribution in [0.15, 0.2) is 12.1 Å². The molecule has 0 aliphatic heterocycles. The summed E-state index contributed by atoms with van der Waals surface area (Å²) < 4.78 is 10.8. The van der Waals surface area contributed by atoms with Crippen molar-refractivity contribution >= 4 is 0 Å². The minimum atomic E-state index is 0.428. The van der Waals surface area contributed by atoms with Crippen LogP contribution in [0.4, 0.5) is 0 Å². The highest BCUT2D eigenvalue weighted by molar-refractivity contribution is 5.48. The van der Waals surface area contributed by atoms with E-state index >= 15 is 0 Å². The van der Waals surface area contributed by atoms with Gasteiger partial charge in [0.15, 0.2) is 11.5 Å². The molecule has 0 heterocycles. The van der Waals surface area contributed by atoms with Crippen LogP contribution in [0, 0.1) is 12.8 Å². The van der Waals surface area contributed by atoms with E-state index in [0.29, 0.717) is 6.04 Å². The second-order valence-corrected chi connectivity index (χ2v) is 5.35. The molecule has 3 nitrogen and oxygen atoms in total. The van der Waals surface area contributed by atoms with Crippen LogP contribution >= 0.6 is 0 Å². The van der Waals surface area contributed by atoms with Gasteiger partial charge in [0, 0.05) is 6.04 Å².